The van der Waals surface area contributed by atoms with Gasteiger partial charge in [0.1, 0.15) is 18.2 Å². The summed E-state index contributed by atoms with van der Waals surface area (Å²) in [5.41, 5.74) is 1.07. The van der Waals surface area contributed by atoms with Crippen LogP contribution in [0.5, 0.6) is 5.88 Å². The Kier molecular flexibility index (Phi) is 4.58. The lowest BCUT2D eigenvalue weighted by Crippen LogP contribution is -2.36. The van der Waals surface area contributed by atoms with Gasteiger partial charge in [-0.1, -0.05) is 13.8 Å². The molecule has 0 saturated carbocycles. The lowest BCUT2D eigenvalue weighted by molar-refractivity contribution is 0.108. The molecule has 1 aromatic rings. The summed E-state index contributed by atoms with van der Waals surface area (Å²) < 4.78 is 6.12. The van der Waals surface area contributed by atoms with Crippen LogP contribution in [0.4, 0.5) is 5.82 Å². The van der Waals surface area contributed by atoms with Gasteiger partial charge in [-0.05, 0) is 25.8 Å². The third-order valence-corrected chi connectivity index (χ3v) is 3.61. The zero-order valence-electron chi connectivity index (χ0n) is 12.3. The standard InChI is InChI=1S/C14H24N4O/c1-10(2)12-13(15-3)16-9-17-14(12)19-11-5-7-18(4)8-6-11/h9-11H,5-8H2,1-4H3,(H,15,16,17). The Labute approximate surface area is 115 Å². The van der Waals surface area contributed by atoms with Gasteiger partial charge in [0.25, 0.3) is 0 Å². The molecule has 1 aromatic heterocycles. The highest BCUT2D eigenvalue weighted by Gasteiger charge is 2.22. The predicted octanol–water partition coefficient (Wildman–Crippen LogP) is 2.11. The van der Waals surface area contributed by atoms with Crippen LogP contribution in [-0.4, -0.2) is 48.2 Å². The summed E-state index contributed by atoms with van der Waals surface area (Å²) in [4.78, 5) is 10.9. The van der Waals surface area contributed by atoms with E-state index >= 15 is 0 Å². The number of rotatable bonds is 4. The van der Waals surface area contributed by atoms with Crippen molar-refractivity contribution in [1.82, 2.24) is 14.9 Å². The van der Waals surface area contributed by atoms with Crippen molar-refractivity contribution in [2.45, 2.75) is 38.7 Å². The van der Waals surface area contributed by atoms with Crippen molar-refractivity contribution in [3.8, 4) is 5.88 Å². The fourth-order valence-corrected chi connectivity index (χ4v) is 2.45. The predicted molar refractivity (Wildman–Crippen MR) is 76.8 cm³/mol. The second-order valence-electron chi connectivity index (χ2n) is 5.47. The van der Waals surface area contributed by atoms with Crippen LogP contribution < -0.4 is 10.1 Å². The van der Waals surface area contributed by atoms with Crippen LogP contribution in [0.2, 0.25) is 0 Å². The molecule has 0 aliphatic carbocycles. The summed E-state index contributed by atoms with van der Waals surface area (Å²) in [5.74, 6) is 1.95. The maximum absolute atomic E-state index is 6.12. The molecule has 0 spiro atoms. The Hall–Kier alpha value is -1.36. The minimum absolute atomic E-state index is 0.272. The summed E-state index contributed by atoms with van der Waals surface area (Å²) in [7, 11) is 4.03. The average Bonchev–Trinajstić information content (AvgIpc) is 2.40. The van der Waals surface area contributed by atoms with Crippen molar-refractivity contribution >= 4 is 5.82 Å². The summed E-state index contributed by atoms with van der Waals surface area (Å²) in [6.07, 6.45) is 3.97. The number of piperidine rings is 1. The molecule has 1 aliphatic rings. The highest BCUT2D eigenvalue weighted by atomic mass is 16.5. The van der Waals surface area contributed by atoms with E-state index in [0.29, 0.717) is 5.92 Å². The monoisotopic (exact) mass is 264 g/mol. The lowest BCUT2D eigenvalue weighted by atomic mass is 10.0. The number of ether oxygens (including phenoxy) is 1. The second-order valence-corrected chi connectivity index (χ2v) is 5.47. The van der Waals surface area contributed by atoms with Crippen molar-refractivity contribution < 1.29 is 4.74 Å². The SMILES string of the molecule is CNc1ncnc(OC2CCN(C)CC2)c1C(C)C. The number of aromatic nitrogens is 2. The van der Waals surface area contributed by atoms with Gasteiger partial charge >= 0.3 is 0 Å². The van der Waals surface area contributed by atoms with Gasteiger partial charge in [-0.15, -0.1) is 0 Å². The minimum Gasteiger partial charge on any atom is -0.474 e. The van der Waals surface area contributed by atoms with Crippen LogP contribution in [0.25, 0.3) is 0 Å². The van der Waals surface area contributed by atoms with Crippen LogP contribution in [0.3, 0.4) is 0 Å². The Morgan fingerprint density at radius 2 is 2.00 bits per heavy atom. The topological polar surface area (TPSA) is 50.3 Å². The van der Waals surface area contributed by atoms with Crippen LogP contribution in [0.15, 0.2) is 6.33 Å². The number of anilines is 1. The number of nitrogens with zero attached hydrogens (tertiary/aromatic N) is 3. The highest BCUT2D eigenvalue weighted by molar-refractivity contribution is 5.50. The van der Waals surface area contributed by atoms with E-state index in [9.17, 15) is 0 Å². The molecule has 2 heterocycles. The Balaban J connectivity index is 2.15. The van der Waals surface area contributed by atoms with Gasteiger partial charge < -0.3 is 15.0 Å². The Morgan fingerprint density at radius 1 is 1.32 bits per heavy atom. The quantitative estimate of drug-likeness (QED) is 0.902. The zero-order chi connectivity index (χ0) is 13.8. The summed E-state index contributed by atoms with van der Waals surface area (Å²) in [6, 6.07) is 0. The molecule has 0 atom stereocenters. The molecule has 0 bridgehead atoms. The van der Waals surface area contributed by atoms with Crippen molar-refractivity contribution in [3.63, 3.8) is 0 Å². The van der Waals surface area contributed by atoms with Crippen LogP contribution in [-0.2, 0) is 0 Å². The van der Waals surface area contributed by atoms with E-state index in [1.165, 1.54) is 0 Å². The first-order valence-corrected chi connectivity index (χ1v) is 6.99. The molecule has 1 saturated heterocycles. The van der Waals surface area contributed by atoms with Gasteiger partial charge in [0.2, 0.25) is 5.88 Å². The van der Waals surface area contributed by atoms with Crippen molar-refractivity contribution in [2.75, 3.05) is 32.5 Å². The molecule has 0 amide bonds. The Morgan fingerprint density at radius 3 is 2.58 bits per heavy atom. The van der Waals surface area contributed by atoms with Gasteiger partial charge in [0.15, 0.2) is 0 Å². The molecular weight excluding hydrogens is 240 g/mol. The third kappa shape index (κ3) is 3.35. The fourth-order valence-electron chi connectivity index (χ4n) is 2.45. The van der Waals surface area contributed by atoms with Crippen molar-refractivity contribution in [2.24, 2.45) is 0 Å². The molecule has 5 heteroatoms. The maximum Gasteiger partial charge on any atom is 0.222 e. The summed E-state index contributed by atoms with van der Waals surface area (Å²) in [5, 5.41) is 3.12. The molecule has 1 aliphatic heterocycles. The first-order chi connectivity index (χ1) is 9.11. The number of hydrogen-bond donors (Lipinski definition) is 1. The number of nitrogens with one attached hydrogen (secondary N) is 1. The lowest BCUT2D eigenvalue weighted by Gasteiger charge is -2.29. The van der Waals surface area contributed by atoms with Gasteiger partial charge in [0, 0.05) is 20.1 Å². The summed E-state index contributed by atoms with van der Waals surface area (Å²) in [6.45, 7) is 6.46. The molecule has 5 nitrogen and oxygen atoms in total. The zero-order valence-corrected chi connectivity index (χ0v) is 12.3. The smallest absolute Gasteiger partial charge is 0.222 e. The molecule has 19 heavy (non-hydrogen) atoms. The van der Waals surface area contributed by atoms with Gasteiger partial charge in [0.05, 0.1) is 5.56 Å². The van der Waals surface area contributed by atoms with E-state index in [0.717, 1.165) is 43.2 Å². The number of likely N-dealkylation sites (tertiary alicyclic amines) is 1. The van der Waals surface area contributed by atoms with Gasteiger partial charge in [-0.25, -0.2) is 9.97 Å². The first kappa shape index (κ1) is 14.1. The van der Waals surface area contributed by atoms with Crippen LogP contribution in [0.1, 0.15) is 38.2 Å². The highest BCUT2D eigenvalue weighted by Crippen LogP contribution is 2.31. The van der Waals surface area contributed by atoms with Crippen molar-refractivity contribution in [3.05, 3.63) is 11.9 Å². The minimum atomic E-state index is 0.272. The van der Waals surface area contributed by atoms with E-state index in [-0.39, 0.29) is 6.10 Å². The fraction of sp³-hybridized carbons (Fsp3) is 0.714. The van der Waals surface area contributed by atoms with Crippen LogP contribution in [0, 0.1) is 0 Å². The Bertz CT molecular complexity index is 414. The van der Waals surface area contributed by atoms with E-state index in [1.807, 2.05) is 7.05 Å². The van der Waals surface area contributed by atoms with E-state index in [1.54, 1.807) is 6.33 Å². The van der Waals surface area contributed by atoms with Gasteiger partial charge in [-0.2, -0.15) is 0 Å². The third-order valence-electron chi connectivity index (χ3n) is 3.61. The van der Waals surface area contributed by atoms with E-state index in [2.05, 4.69) is 41.1 Å². The molecule has 106 valence electrons. The molecule has 1 N–H and O–H groups in total. The molecular formula is C14H24N4O. The average molecular weight is 264 g/mol. The van der Waals surface area contributed by atoms with E-state index < -0.39 is 0 Å². The van der Waals surface area contributed by atoms with Gasteiger partial charge in [-0.3, -0.25) is 0 Å². The van der Waals surface area contributed by atoms with Crippen LogP contribution >= 0.6 is 0 Å². The molecule has 0 unspecified atom stereocenters. The molecule has 0 radical (unpaired) electrons. The number of hydrogen-bond acceptors (Lipinski definition) is 5. The largest absolute Gasteiger partial charge is 0.474 e. The van der Waals surface area contributed by atoms with Crippen molar-refractivity contribution in [1.29, 1.82) is 0 Å². The molecule has 2 rings (SSSR count). The maximum atomic E-state index is 6.12. The second kappa shape index (κ2) is 6.19. The molecule has 0 aromatic carbocycles. The normalized spacial score (nSPS) is 17.7. The first-order valence-electron chi connectivity index (χ1n) is 6.99. The summed E-state index contributed by atoms with van der Waals surface area (Å²) >= 11 is 0. The van der Waals surface area contributed by atoms with E-state index in [4.69, 9.17) is 4.74 Å². The molecule has 1 fully saturated rings.